The maximum Gasteiger partial charge on any atom is 0.224 e. The first-order valence-corrected chi connectivity index (χ1v) is 9.69. The van der Waals surface area contributed by atoms with E-state index in [4.69, 9.17) is 0 Å². The summed E-state index contributed by atoms with van der Waals surface area (Å²) in [4.78, 5) is 12.6. The highest BCUT2D eigenvalue weighted by Gasteiger charge is 2.57. The molecule has 0 aromatic heterocycles. The van der Waals surface area contributed by atoms with Crippen LogP contribution in [0.25, 0.3) is 0 Å². The predicted molar refractivity (Wildman–Crippen MR) is 88.9 cm³/mol. The molecule has 3 rings (SSSR count). The van der Waals surface area contributed by atoms with Gasteiger partial charge in [-0.1, -0.05) is 30.3 Å². The molecule has 1 spiro atoms. The van der Waals surface area contributed by atoms with Crippen LogP contribution in [0.5, 0.6) is 0 Å². The summed E-state index contributed by atoms with van der Waals surface area (Å²) < 4.78 is 11.6. The molecule has 1 saturated heterocycles. The van der Waals surface area contributed by atoms with Gasteiger partial charge in [-0.2, -0.15) is 0 Å². The fourth-order valence-corrected chi connectivity index (χ4v) is 4.35. The molecule has 2 fully saturated rings. The molecule has 1 aromatic carbocycles. The van der Waals surface area contributed by atoms with Crippen molar-refractivity contribution >= 4 is 16.7 Å². The minimum absolute atomic E-state index is 0.140. The van der Waals surface area contributed by atoms with Crippen LogP contribution in [0.4, 0.5) is 0 Å². The third kappa shape index (κ3) is 3.41. The van der Waals surface area contributed by atoms with Gasteiger partial charge in [0.1, 0.15) is 0 Å². The Hall–Kier alpha value is -1.20. The quantitative estimate of drug-likeness (QED) is 0.867. The van der Waals surface area contributed by atoms with E-state index in [1.54, 1.807) is 6.26 Å². The van der Waals surface area contributed by atoms with Crippen molar-refractivity contribution in [3.05, 3.63) is 35.9 Å². The van der Waals surface area contributed by atoms with Gasteiger partial charge in [0.05, 0.1) is 6.04 Å². The van der Waals surface area contributed by atoms with E-state index in [1.807, 2.05) is 30.3 Å². The van der Waals surface area contributed by atoms with E-state index in [1.165, 1.54) is 0 Å². The lowest BCUT2D eigenvalue weighted by atomic mass is 9.91. The Morgan fingerprint density at radius 2 is 2.05 bits per heavy atom. The number of benzene rings is 1. The first-order chi connectivity index (χ1) is 10.6. The lowest BCUT2D eigenvalue weighted by Gasteiger charge is -2.24. The van der Waals surface area contributed by atoms with E-state index >= 15 is 0 Å². The van der Waals surface area contributed by atoms with Gasteiger partial charge in [0, 0.05) is 28.7 Å². The number of hydrogen-bond acceptors (Lipinski definition) is 3. The summed E-state index contributed by atoms with van der Waals surface area (Å²) in [6.45, 7) is 2.04. The highest BCUT2D eigenvalue weighted by molar-refractivity contribution is 7.84. The Balaban J connectivity index is 1.66. The summed E-state index contributed by atoms with van der Waals surface area (Å²) in [5, 5.41) is 6.51. The number of hydrogen-bond donors (Lipinski definition) is 2. The van der Waals surface area contributed by atoms with Crippen molar-refractivity contribution in [3.63, 3.8) is 0 Å². The number of piperidine rings is 1. The van der Waals surface area contributed by atoms with Crippen LogP contribution < -0.4 is 10.6 Å². The van der Waals surface area contributed by atoms with Crippen LogP contribution in [0.15, 0.2) is 30.3 Å². The second kappa shape index (κ2) is 6.50. The normalized spacial score (nSPS) is 25.4. The maximum absolute atomic E-state index is 12.6. The van der Waals surface area contributed by atoms with Crippen molar-refractivity contribution in [2.75, 3.05) is 25.1 Å². The van der Waals surface area contributed by atoms with Gasteiger partial charge in [-0.05, 0) is 43.3 Å². The molecule has 1 heterocycles. The summed E-state index contributed by atoms with van der Waals surface area (Å²) in [6, 6.07) is 9.70. The zero-order chi connectivity index (χ0) is 15.6. The van der Waals surface area contributed by atoms with Crippen molar-refractivity contribution in [3.8, 4) is 0 Å². The van der Waals surface area contributed by atoms with Crippen LogP contribution in [-0.4, -0.2) is 35.2 Å². The second-order valence-corrected chi connectivity index (χ2v) is 8.06. The molecule has 5 heteroatoms. The highest BCUT2D eigenvalue weighted by Crippen LogP contribution is 2.58. The van der Waals surface area contributed by atoms with Crippen LogP contribution >= 0.6 is 0 Å². The second-order valence-electron chi connectivity index (χ2n) is 6.58. The van der Waals surface area contributed by atoms with E-state index in [0.717, 1.165) is 37.9 Å². The minimum atomic E-state index is -0.943. The fourth-order valence-electron chi connectivity index (χ4n) is 3.61. The molecule has 3 unspecified atom stereocenters. The Kier molecular flexibility index (Phi) is 4.64. The van der Waals surface area contributed by atoms with E-state index < -0.39 is 10.8 Å². The Morgan fingerprint density at radius 3 is 2.68 bits per heavy atom. The summed E-state index contributed by atoms with van der Waals surface area (Å²) in [6.07, 6.45) is 4.90. The summed E-state index contributed by atoms with van der Waals surface area (Å²) >= 11 is 0. The Bertz CT molecular complexity index is 555. The van der Waals surface area contributed by atoms with Crippen LogP contribution in [-0.2, 0) is 15.6 Å². The smallest absolute Gasteiger partial charge is 0.224 e. The minimum Gasteiger partial charge on any atom is -0.348 e. The maximum atomic E-state index is 12.6. The lowest BCUT2D eigenvalue weighted by Crippen LogP contribution is -2.36. The number of amides is 1. The van der Waals surface area contributed by atoms with Gasteiger partial charge in [-0.25, -0.2) is 0 Å². The molecule has 2 N–H and O–H groups in total. The van der Waals surface area contributed by atoms with E-state index in [0.29, 0.717) is 5.75 Å². The molecule has 1 aliphatic heterocycles. The summed E-state index contributed by atoms with van der Waals surface area (Å²) in [5.41, 5.74) is 1.27. The molecule has 0 radical (unpaired) electrons. The van der Waals surface area contributed by atoms with Gasteiger partial charge in [-0.15, -0.1) is 0 Å². The van der Waals surface area contributed by atoms with Crippen molar-refractivity contribution in [1.82, 2.24) is 10.6 Å². The lowest BCUT2D eigenvalue weighted by molar-refractivity contribution is -0.123. The van der Waals surface area contributed by atoms with Crippen LogP contribution in [0.3, 0.4) is 0 Å². The fraction of sp³-hybridized carbons (Fsp3) is 0.588. The highest BCUT2D eigenvalue weighted by atomic mass is 32.2. The van der Waals surface area contributed by atoms with E-state index in [2.05, 4.69) is 10.6 Å². The molecular weight excluding hydrogens is 296 g/mol. The molecule has 1 aliphatic carbocycles. The Labute approximate surface area is 134 Å². The average molecular weight is 320 g/mol. The molecular formula is C17H24N2O2S. The molecule has 2 aliphatic rings. The van der Waals surface area contributed by atoms with Gasteiger partial charge in [0.25, 0.3) is 0 Å². The zero-order valence-corrected chi connectivity index (χ0v) is 13.8. The molecule has 3 atom stereocenters. The number of carbonyl (C=O) groups is 1. The van der Waals surface area contributed by atoms with Gasteiger partial charge < -0.3 is 10.6 Å². The molecule has 1 saturated carbocycles. The number of carbonyl (C=O) groups excluding carboxylic acids is 1. The van der Waals surface area contributed by atoms with E-state index in [9.17, 15) is 9.00 Å². The third-order valence-corrected chi connectivity index (χ3v) is 5.83. The number of rotatable bonds is 5. The van der Waals surface area contributed by atoms with E-state index in [-0.39, 0.29) is 23.3 Å². The monoisotopic (exact) mass is 320 g/mol. The summed E-state index contributed by atoms with van der Waals surface area (Å²) in [7, 11) is -0.943. The molecule has 1 amide bonds. The van der Waals surface area contributed by atoms with Crippen LogP contribution in [0.1, 0.15) is 30.9 Å². The van der Waals surface area contributed by atoms with Gasteiger partial charge in [-0.3, -0.25) is 9.00 Å². The molecule has 1 aromatic rings. The van der Waals surface area contributed by atoms with Crippen molar-refractivity contribution in [2.24, 2.45) is 11.3 Å². The first kappa shape index (κ1) is 15.7. The topological polar surface area (TPSA) is 58.2 Å². The molecule has 22 heavy (non-hydrogen) atoms. The van der Waals surface area contributed by atoms with Gasteiger partial charge in [0.15, 0.2) is 0 Å². The predicted octanol–water partition coefficient (Wildman–Crippen LogP) is 1.61. The SMILES string of the molecule is CS(=O)CC(NC(=O)C1CC12CCNCC2)c1ccccc1. The van der Waals surface area contributed by atoms with Crippen molar-refractivity contribution < 1.29 is 9.00 Å². The molecule has 4 nitrogen and oxygen atoms in total. The standard InChI is InChI=1S/C17H24N2O2S/c1-22(21)12-15(13-5-3-2-4-6-13)19-16(20)14-11-17(14)7-9-18-10-8-17/h2-6,14-15,18H,7-12H2,1H3,(H,19,20). The van der Waals surface area contributed by atoms with Crippen molar-refractivity contribution in [1.29, 1.82) is 0 Å². The van der Waals surface area contributed by atoms with Crippen LogP contribution in [0, 0.1) is 11.3 Å². The molecule has 0 bridgehead atoms. The number of nitrogens with one attached hydrogen (secondary N) is 2. The summed E-state index contributed by atoms with van der Waals surface area (Å²) in [5.74, 6) is 0.754. The van der Waals surface area contributed by atoms with Crippen LogP contribution in [0.2, 0.25) is 0 Å². The first-order valence-electron chi connectivity index (χ1n) is 7.97. The molecule has 120 valence electrons. The largest absolute Gasteiger partial charge is 0.348 e. The Morgan fingerprint density at radius 1 is 1.36 bits per heavy atom. The third-order valence-electron chi connectivity index (χ3n) is 5.03. The average Bonchev–Trinajstić information content (AvgIpc) is 3.21. The van der Waals surface area contributed by atoms with Crippen molar-refractivity contribution in [2.45, 2.75) is 25.3 Å². The van der Waals surface area contributed by atoms with Gasteiger partial charge >= 0.3 is 0 Å². The van der Waals surface area contributed by atoms with Gasteiger partial charge in [0.2, 0.25) is 5.91 Å². The zero-order valence-electron chi connectivity index (χ0n) is 13.0.